The van der Waals surface area contributed by atoms with Crippen LogP contribution in [-0.2, 0) is 31.9 Å². The molecule has 1 aromatic carbocycles. The molecule has 158 valence electrons. The summed E-state index contributed by atoms with van der Waals surface area (Å²) in [6.45, 7) is 3.28. The van der Waals surface area contributed by atoms with Crippen LogP contribution in [0.2, 0.25) is 0 Å². The Kier molecular flexibility index (Phi) is 8.24. The number of ether oxygens (including phenoxy) is 3. The maximum absolute atomic E-state index is 12.7. The molecular formula is C22H28O7. The molecule has 29 heavy (non-hydrogen) atoms. The molecule has 7 nitrogen and oxygen atoms in total. The van der Waals surface area contributed by atoms with Gasteiger partial charge in [-0.15, -0.1) is 0 Å². The number of esters is 2. The van der Waals surface area contributed by atoms with Crippen molar-refractivity contribution in [3.63, 3.8) is 0 Å². The van der Waals surface area contributed by atoms with Crippen molar-refractivity contribution >= 4 is 22.9 Å². The van der Waals surface area contributed by atoms with Crippen LogP contribution < -0.4 is 10.2 Å². The molecule has 0 aliphatic heterocycles. The predicted molar refractivity (Wildman–Crippen MR) is 108 cm³/mol. The molecule has 0 saturated heterocycles. The van der Waals surface area contributed by atoms with Crippen LogP contribution in [0.15, 0.2) is 27.4 Å². The van der Waals surface area contributed by atoms with E-state index < -0.39 is 5.97 Å². The number of hydrogen-bond donors (Lipinski definition) is 0. The average Bonchev–Trinajstić information content (AvgIpc) is 2.66. The fraction of sp³-hybridized carbons (Fsp3) is 0.500. The second-order valence-electron chi connectivity index (χ2n) is 7.01. The van der Waals surface area contributed by atoms with Gasteiger partial charge in [-0.1, -0.05) is 6.42 Å². The first-order valence-electron chi connectivity index (χ1n) is 9.71. The number of benzene rings is 1. The van der Waals surface area contributed by atoms with Crippen LogP contribution in [0, 0.1) is 0 Å². The van der Waals surface area contributed by atoms with E-state index in [1.807, 2.05) is 6.92 Å². The normalized spacial score (nSPS) is 11.9. The number of carbonyl (C=O) groups is 2. The van der Waals surface area contributed by atoms with Crippen LogP contribution in [0.3, 0.4) is 0 Å². The summed E-state index contributed by atoms with van der Waals surface area (Å²) in [5, 5.41) is 0.371. The van der Waals surface area contributed by atoms with Crippen LogP contribution in [-0.4, -0.2) is 32.3 Å². The summed E-state index contributed by atoms with van der Waals surface area (Å²) >= 11 is 0. The van der Waals surface area contributed by atoms with Gasteiger partial charge in [-0.3, -0.25) is 14.4 Å². The molecule has 0 unspecified atom stereocenters. The molecule has 7 heteroatoms. The van der Waals surface area contributed by atoms with Gasteiger partial charge in [0.15, 0.2) is 5.43 Å². The molecule has 1 atom stereocenters. The van der Waals surface area contributed by atoms with Gasteiger partial charge >= 0.3 is 11.9 Å². The molecule has 0 radical (unpaired) electrons. The Bertz CT molecular complexity index is 913. The molecule has 0 spiro atoms. The number of hydrogen-bond acceptors (Lipinski definition) is 7. The standard InChI is InChI=1S/C22H28O7/c1-14(28-15(2)23)8-6-5-7-9-17-12-19(24)22-16(11-21(25)27-4)10-18(26-3)13-20(22)29-17/h10,12-14H,5-9,11H2,1-4H3/t14-/m1/s1. The van der Waals surface area contributed by atoms with Crippen LogP contribution in [0.25, 0.3) is 11.0 Å². The van der Waals surface area contributed by atoms with E-state index in [2.05, 4.69) is 0 Å². The number of fused-ring (bicyclic) bond motifs is 1. The molecular weight excluding hydrogens is 376 g/mol. The monoisotopic (exact) mass is 404 g/mol. The summed E-state index contributed by atoms with van der Waals surface area (Å²) in [4.78, 5) is 35.3. The largest absolute Gasteiger partial charge is 0.497 e. The third-order valence-electron chi connectivity index (χ3n) is 4.64. The van der Waals surface area contributed by atoms with Crippen molar-refractivity contribution in [3.05, 3.63) is 39.7 Å². The van der Waals surface area contributed by atoms with Gasteiger partial charge in [-0.05, 0) is 37.8 Å². The zero-order valence-corrected chi connectivity index (χ0v) is 17.4. The number of unbranched alkanes of at least 4 members (excludes halogenated alkanes) is 2. The van der Waals surface area contributed by atoms with Crippen molar-refractivity contribution in [2.75, 3.05) is 14.2 Å². The zero-order chi connectivity index (χ0) is 21.4. The van der Waals surface area contributed by atoms with Gasteiger partial charge in [0.2, 0.25) is 0 Å². The van der Waals surface area contributed by atoms with Crippen molar-refractivity contribution in [1.82, 2.24) is 0 Å². The Morgan fingerprint density at radius 2 is 1.86 bits per heavy atom. The maximum atomic E-state index is 12.7. The van der Waals surface area contributed by atoms with Crippen LogP contribution in [0.5, 0.6) is 5.75 Å². The molecule has 0 fully saturated rings. The van der Waals surface area contributed by atoms with Gasteiger partial charge < -0.3 is 18.6 Å². The van der Waals surface area contributed by atoms with Crippen molar-refractivity contribution in [2.45, 2.75) is 58.5 Å². The van der Waals surface area contributed by atoms with Crippen LogP contribution in [0.1, 0.15) is 50.9 Å². The summed E-state index contributed by atoms with van der Waals surface area (Å²) in [6, 6.07) is 4.79. The average molecular weight is 404 g/mol. The van der Waals surface area contributed by atoms with Crippen LogP contribution >= 0.6 is 0 Å². The van der Waals surface area contributed by atoms with Crippen molar-refractivity contribution in [3.8, 4) is 5.75 Å². The Morgan fingerprint density at radius 3 is 2.52 bits per heavy atom. The zero-order valence-electron chi connectivity index (χ0n) is 17.4. The minimum Gasteiger partial charge on any atom is -0.497 e. The second-order valence-corrected chi connectivity index (χ2v) is 7.01. The topological polar surface area (TPSA) is 92.0 Å². The van der Waals surface area contributed by atoms with Gasteiger partial charge in [0.1, 0.15) is 17.1 Å². The molecule has 2 rings (SSSR count). The second kappa shape index (κ2) is 10.6. The Labute approximate surface area is 169 Å². The third kappa shape index (κ3) is 6.62. The Morgan fingerprint density at radius 1 is 1.10 bits per heavy atom. The van der Waals surface area contributed by atoms with E-state index in [9.17, 15) is 14.4 Å². The highest BCUT2D eigenvalue weighted by Crippen LogP contribution is 2.25. The lowest BCUT2D eigenvalue weighted by atomic mass is 10.0. The molecule has 0 amide bonds. The Balaban J connectivity index is 2.09. The summed E-state index contributed by atoms with van der Waals surface area (Å²) in [5.74, 6) is 0.396. The summed E-state index contributed by atoms with van der Waals surface area (Å²) in [7, 11) is 2.82. The smallest absolute Gasteiger partial charge is 0.310 e. The van der Waals surface area contributed by atoms with E-state index in [0.717, 1.165) is 25.7 Å². The van der Waals surface area contributed by atoms with E-state index in [-0.39, 0.29) is 23.9 Å². The minimum atomic E-state index is -0.439. The fourth-order valence-electron chi connectivity index (χ4n) is 3.25. The first-order chi connectivity index (χ1) is 13.8. The lowest BCUT2D eigenvalue weighted by Gasteiger charge is -2.11. The fourth-order valence-corrected chi connectivity index (χ4v) is 3.25. The van der Waals surface area contributed by atoms with E-state index in [0.29, 0.717) is 34.5 Å². The highest BCUT2D eigenvalue weighted by Gasteiger charge is 2.15. The van der Waals surface area contributed by atoms with Crippen molar-refractivity contribution in [1.29, 1.82) is 0 Å². The lowest BCUT2D eigenvalue weighted by molar-refractivity contribution is -0.145. The number of aryl methyl sites for hydroxylation is 1. The molecule has 1 aromatic heterocycles. The third-order valence-corrected chi connectivity index (χ3v) is 4.64. The van der Waals surface area contributed by atoms with E-state index in [4.69, 9.17) is 18.6 Å². The summed E-state index contributed by atoms with van der Waals surface area (Å²) < 4.78 is 21.0. The van der Waals surface area contributed by atoms with E-state index in [1.165, 1.54) is 27.2 Å². The van der Waals surface area contributed by atoms with Gasteiger partial charge in [0.25, 0.3) is 0 Å². The lowest BCUT2D eigenvalue weighted by Crippen LogP contribution is -2.11. The molecule has 0 saturated carbocycles. The number of carbonyl (C=O) groups excluding carboxylic acids is 2. The van der Waals surface area contributed by atoms with Gasteiger partial charge in [0, 0.05) is 25.5 Å². The molecule has 0 aliphatic carbocycles. The molecule has 0 aliphatic rings. The summed E-state index contributed by atoms with van der Waals surface area (Å²) in [5.41, 5.74) is 0.728. The van der Waals surface area contributed by atoms with Gasteiger partial charge in [0.05, 0.1) is 32.1 Å². The molecule has 0 N–H and O–H groups in total. The number of methoxy groups -OCH3 is 2. The minimum absolute atomic E-state index is 0.0329. The van der Waals surface area contributed by atoms with Gasteiger partial charge in [-0.25, -0.2) is 0 Å². The first kappa shape index (κ1) is 22.5. The SMILES string of the molecule is COC(=O)Cc1cc(OC)cc2oc(CCCCC[C@@H](C)OC(C)=O)cc(=O)c12. The van der Waals surface area contributed by atoms with E-state index >= 15 is 0 Å². The highest BCUT2D eigenvalue weighted by molar-refractivity contribution is 5.86. The molecule has 0 bridgehead atoms. The van der Waals surface area contributed by atoms with E-state index in [1.54, 1.807) is 12.1 Å². The highest BCUT2D eigenvalue weighted by atomic mass is 16.5. The predicted octanol–water partition coefficient (Wildman–Crippen LogP) is 3.57. The Hall–Kier alpha value is -2.83. The maximum Gasteiger partial charge on any atom is 0.310 e. The van der Waals surface area contributed by atoms with Crippen LogP contribution in [0.4, 0.5) is 0 Å². The van der Waals surface area contributed by atoms with Crippen molar-refractivity contribution < 1.29 is 28.2 Å². The first-order valence-corrected chi connectivity index (χ1v) is 9.71. The number of rotatable bonds is 10. The molecule has 2 aromatic rings. The molecule has 1 heterocycles. The summed E-state index contributed by atoms with van der Waals surface area (Å²) in [6.07, 6.45) is 4.00. The van der Waals surface area contributed by atoms with Crippen molar-refractivity contribution in [2.24, 2.45) is 0 Å². The quantitative estimate of drug-likeness (QED) is 0.441. The van der Waals surface area contributed by atoms with Gasteiger partial charge in [-0.2, -0.15) is 0 Å².